The zero-order chi connectivity index (χ0) is 20.9. The zero-order valence-corrected chi connectivity index (χ0v) is 18.5. The van der Waals surface area contributed by atoms with Crippen LogP contribution in [0.5, 0.6) is 0 Å². The lowest BCUT2D eigenvalue weighted by molar-refractivity contribution is 0.102. The number of anilines is 1. The maximum absolute atomic E-state index is 12.4. The van der Waals surface area contributed by atoms with Crippen LogP contribution in [-0.2, 0) is 10.0 Å². The molecule has 152 valence electrons. The van der Waals surface area contributed by atoms with Gasteiger partial charge in [-0.05, 0) is 43.3 Å². The monoisotopic (exact) mass is 468 g/mol. The van der Waals surface area contributed by atoms with Crippen LogP contribution in [0.25, 0.3) is 0 Å². The minimum absolute atomic E-state index is 0.118. The minimum Gasteiger partial charge on any atom is -0.296 e. The third-order valence-electron chi connectivity index (χ3n) is 3.61. The number of aryl methyl sites for hydroxylation is 1. The Hall–Kier alpha value is -1.98. The number of hydrogen-bond acceptors (Lipinski definition) is 7. The molecule has 11 heteroatoms. The van der Waals surface area contributed by atoms with Crippen molar-refractivity contribution in [3.05, 3.63) is 64.7 Å². The number of carbonyl (C=O) groups is 1. The lowest BCUT2D eigenvalue weighted by Gasteiger charge is -2.04. The first-order chi connectivity index (χ1) is 13.8. The van der Waals surface area contributed by atoms with Crippen LogP contribution >= 0.6 is 34.7 Å². The highest BCUT2D eigenvalue weighted by molar-refractivity contribution is 7.99. The summed E-state index contributed by atoms with van der Waals surface area (Å²) in [5, 5.41) is 10.8. The van der Waals surface area contributed by atoms with Gasteiger partial charge in [-0.25, -0.2) is 13.1 Å². The van der Waals surface area contributed by atoms with Gasteiger partial charge in [0.2, 0.25) is 9.47 Å². The Morgan fingerprint density at radius 3 is 2.66 bits per heavy atom. The molecule has 0 fully saturated rings. The molecule has 0 radical (unpaired) electrons. The second-order valence-corrected chi connectivity index (χ2v) is 10.4. The fraction of sp³-hybridized carbons (Fsp3) is 0.167. The van der Waals surface area contributed by atoms with Gasteiger partial charge < -0.3 is 0 Å². The molecule has 2 aromatic carbocycles. The SMILES string of the molecule is Cc1cccc(C(=O)Nc2nnc(S(=O)(=O)NCCSc3ccc(Cl)cc3)s2)c1. The quantitative estimate of drug-likeness (QED) is 0.296. The maximum atomic E-state index is 12.4. The van der Waals surface area contributed by atoms with Crippen molar-refractivity contribution in [1.29, 1.82) is 0 Å². The molecule has 3 rings (SSSR count). The van der Waals surface area contributed by atoms with Crippen molar-refractivity contribution in [1.82, 2.24) is 14.9 Å². The molecule has 0 aliphatic heterocycles. The number of carbonyl (C=O) groups excluding carboxylic acids is 1. The Labute approximate surface area is 182 Å². The number of nitrogens with one attached hydrogen (secondary N) is 2. The maximum Gasteiger partial charge on any atom is 0.269 e. The molecule has 0 spiro atoms. The molecule has 7 nitrogen and oxygen atoms in total. The lowest BCUT2D eigenvalue weighted by Crippen LogP contribution is -2.25. The largest absolute Gasteiger partial charge is 0.296 e. The van der Waals surface area contributed by atoms with Crippen LogP contribution in [0, 0.1) is 6.92 Å². The van der Waals surface area contributed by atoms with Gasteiger partial charge in [0, 0.05) is 27.8 Å². The Morgan fingerprint density at radius 1 is 1.17 bits per heavy atom. The first-order valence-corrected chi connectivity index (χ1v) is 12.1. The van der Waals surface area contributed by atoms with Crippen LogP contribution in [0.2, 0.25) is 5.02 Å². The van der Waals surface area contributed by atoms with E-state index in [-0.39, 0.29) is 21.9 Å². The third-order valence-corrected chi connectivity index (χ3v) is 7.55. The van der Waals surface area contributed by atoms with Crippen LogP contribution in [0.15, 0.2) is 57.8 Å². The van der Waals surface area contributed by atoms with Crippen molar-refractivity contribution in [2.45, 2.75) is 16.2 Å². The predicted octanol–water partition coefficient (Wildman–Crippen LogP) is 3.82. The normalized spacial score (nSPS) is 11.4. The number of amides is 1. The number of sulfonamides is 1. The summed E-state index contributed by atoms with van der Waals surface area (Å²) in [6, 6.07) is 14.3. The molecule has 0 saturated heterocycles. The Bertz CT molecular complexity index is 1100. The third kappa shape index (κ3) is 6.25. The van der Waals surface area contributed by atoms with Gasteiger partial charge >= 0.3 is 0 Å². The van der Waals surface area contributed by atoms with Crippen molar-refractivity contribution in [3.63, 3.8) is 0 Å². The number of benzene rings is 2. The summed E-state index contributed by atoms with van der Waals surface area (Å²) in [7, 11) is -3.80. The van der Waals surface area contributed by atoms with E-state index in [1.165, 1.54) is 11.8 Å². The topological polar surface area (TPSA) is 101 Å². The number of hydrogen-bond donors (Lipinski definition) is 2. The van der Waals surface area contributed by atoms with Crippen molar-refractivity contribution < 1.29 is 13.2 Å². The Morgan fingerprint density at radius 2 is 1.93 bits per heavy atom. The molecule has 0 unspecified atom stereocenters. The van der Waals surface area contributed by atoms with Gasteiger partial charge in [0.1, 0.15) is 0 Å². The van der Waals surface area contributed by atoms with E-state index in [9.17, 15) is 13.2 Å². The highest BCUT2D eigenvalue weighted by atomic mass is 35.5. The lowest BCUT2D eigenvalue weighted by atomic mass is 10.1. The molecule has 0 bridgehead atoms. The average Bonchev–Trinajstić information content (AvgIpc) is 3.16. The molecule has 1 heterocycles. The summed E-state index contributed by atoms with van der Waals surface area (Å²) in [5.74, 6) is 0.164. The molecule has 0 saturated carbocycles. The first kappa shape index (κ1) is 21.7. The number of rotatable bonds is 8. The van der Waals surface area contributed by atoms with Crippen LogP contribution in [0.4, 0.5) is 5.13 Å². The van der Waals surface area contributed by atoms with E-state index in [0.29, 0.717) is 16.3 Å². The van der Waals surface area contributed by atoms with E-state index < -0.39 is 10.0 Å². The summed E-state index contributed by atoms with van der Waals surface area (Å²) in [4.78, 5) is 13.2. The van der Waals surface area contributed by atoms with Gasteiger partial charge in [-0.3, -0.25) is 10.1 Å². The molecule has 0 aliphatic rings. The van der Waals surface area contributed by atoms with Crippen molar-refractivity contribution >= 4 is 55.8 Å². The average molecular weight is 469 g/mol. The molecule has 1 amide bonds. The highest BCUT2D eigenvalue weighted by Gasteiger charge is 2.20. The van der Waals surface area contributed by atoms with Gasteiger partial charge in [0.15, 0.2) is 0 Å². The van der Waals surface area contributed by atoms with E-state index in [1.54, 1.807) is 30.3 Å². The van der Waals surface area contributed by atoms with E-state index in [1.807, 2.05) is 25.1 Å². The van der Waals surface area contributed by atoms with Gasteiger partial charge in [0.05, 0.1) is 0 Å². The van der Waals surface area contributed by atoms with Crippen LogP contribution in [0.3, 0.4) is 0 Å². The Kier molecular flexibility index (Phi) is 7.25. The van der Waals surface area contributed by atoms with Gasteiger partial charge in [-0.15, -0.1) is 22.0 Å². The van der Waals surface area contributed by atoms with Crippen LogP contribution in [0.1, 0.15) is 15.9 Å². The molecule has 1 aromatic heterocycles. The zero-order valence-electron chi connectivity index (χ0n) is 15.3. The van der Waals surface area contributed by atoms with E-state index >= 15 is 0 Å². The first-order valence-electron chi connectivity index (χ1n) is 8.43. The molecule has 3 aromatic rings. The molecule has 29 heavy (non-hydrogen) atoms. The highest BCUT2D eigenvalue weighted by Crippen LogP contribution is 2.22. The molecule has 0 atom stereocenters. The Balaban J connectivity index is 1.54. The molecule has 2 N–H and O–H groups in total. The summed E-state index contributed by atoms with van der Waals surface area (Å²) in [6.07, 6.45) is 0. The fourth-order valence-electron chi connectivity index (χ4n) is 2.26. The minimum atomic E-state index is -3.80. The molecule has 0 aliphatic carbocycles. The van der Waals surface area contributed by atoms with Crippen LogP contribution < -0.4 is 10.0 Å². The van der Waals surface area contributed by atoms with Gasteiger partial charge in [-0.2, -0.15) is 0 Å². The fourth-order valence-corrected chi connectivity index (χ4v) is 5.25. The number of thioether (sulfide) groups is 1. The van der Waals surface area contributed by atoms with Crippen molar-refractivity contribution in [2.75, 3.05) is 17.6 Å². The van der Waals surface area contributed by atoms with E-state index in [2.05, 4.69) is 20.2 Å². The summed E-state index contributed by atoms with van der Waals surface area (Å²) < 4.78 is 27.0. The molecular weight excluding hydrogens is 452 g/mol. The van der Waals surface area contributed by atoms with Crippen LogP contribution in [-0.4, -0.2) is 36.8 Å². The smallest absolute Gasteiger partial charge is 0.269 e. The van der Waals surface area contributed by atoms with Crippen molar-refractivity contribution in [2.24, 2.45) is 0 Å². The van der Waals surface area contributed by atoms with E-state index in [0.717, 1.165) is 21.8 Å². The van der Waals surface area contributed by atoms with E-state index in [4.69, 9.17) is 11.6 Å². The summed E-state index contributed by atoms with van der Waals surface area (Å²) in [5.41, 5.74) is 1.40. The van der Waals surface area contributed by atoms with Crippen molar-refractivity contribution in [3.8, 4) is 0 Å². The number of aromatic nitrogens is 2. The second kappa shape index (κ2) is 9.68. The standard InChI is InChI=1S/C18H17ClN4O3S3/c1-12-3-2-4-13(11-12)16(24)21-17-22-23-18(28-17)29(25,26)20-9-10-27-15-7-5-14(19)6-8-15/h2-8,11,20H,9-10H2,1H3,(H,21,22,24). The summed E-state index contributed by atoms with van der Waals surface area (Å²) in [6.45, 7) is 2.10. The van der Waals surface area contributed by atoms with Gasteiger partial charge in [0.25, 0.3) is 15.9 Å². The predicted molar refractivity (Wildman–Crippen MR) is 116 cm³/mol. The van der Waals surface area contributed by atoms with Gasteiger partial charge in [-0.1, -0.05) is 40.6 Å². The number of halogens is 1. The number of nitrogens with zero attached hydrogens (tertiary/aromatic N) is 2. The molecular formula is C18H17ClN4O3S3. The second-order valence-electron chi connectivity index (χ2n) is 5.90. The summed E-state index contributed by atoms with van der Waals surface area (Å²) >= 11 is 8.14.